The Balaban J connectivity index is 2.06. The van der Waals surface area contributed by atoms with Crippen molar-refractivity contribution in [2.45, 2.75) is 32.7 Å². The van der Waals surface area contributed by atoms with Crippen LogP contribution in [-0.2, 0) is 9.53 Å². The molecule has 8 nitrogen and oxygen atoms in total. The van der Waals surface area contributed by atoms with Crippen LogP contribution in [0.25, 0.3) is 6.08 Å². The molecule has 10 heteroatoms. The van der Waals surface area contributed by atoms with Crippen LogP contribution in [0.4, 0.5) is 0 Å². The summed E-state index contributed by atoms with van der Waals surface area (Å²) in [6.07, 6.45) is 2.88. The number of nitrogens with zero attached hydrogens (tertiary/aromatic N) is 2. The second-order valence-electron chi connectivity index (χ2n) is 8.20. The zero-order valence-electron chi connectivity index (χ0n) is 20.9. The van der Waals surface area contributed by atoms with Crippen molar-refractivity contribution in [1.82, 2.24) is 4.57 Å². The molecule has 0 fully saturated rings. The molecule has 0 unspecified atom stereocenters. The molecule has 1 aliphatic rings. The number of hydrogen-bond donors (Lipinski definition) is 1. The molecule has 1 atom stereocenters. The van der Waals surface area contributed by atoms with Gasteiger partial charge in [0.15, 0.2) is 16.3 Å². The first-order valence-corrected chi connectivity index (χ1v) is 13.4. The number of aromatic nitrogens is 1. The molecule has 3 aromatic rings. The Morgan fingerprint density at radius 2 is 1.95 bits per heavy atom. The van der Waals surface area contributed by atoms with Crippen molar-refractivity contribution >= 4 is 39.3 Å². The number of ether oxygens (including phenoxy) is 3. The van der Waals surface area contributed by atoms with Crippen molar-refractivity contribution in [2.24, 2.45) is 4.99 Å². The molecule has 1 N–H and O–H groups in total. The Morgan fingerprint density at radius 1 is 1.19 bits per heavy atom. The van der Waals surface area contributed by atoms with E-state index < -0.39 is 12.0 Å². The summed E-state index contributed by atoms with van der Waals surface area (Å²) in [4.78, 5) is 32.4. The number of benzene rings is 2. The van der Waals surface area contributed by atoms with Crippen molar-refractivity contribution in [2.75, 3.05) is 20.8 Å². The number of hydrogen-bond acceptors (Lipinski definition) is 8. The van der Waals surface area contributed by atoms with Crippen LogP contribution in [0.5, 0.6) is 17.2 Å². The summed E-state index contributed by atoms with van der Waals surface area (Å²) in [5.74, 6) is 0.224. The molecule has 4 rings (SSSR count). The van der Waals surface area contributed by atoms with Crippen molar-refractivity contribution in [3.63, 3.8) is 0 Å². The molecule has 194 valence electrons. The maximum absolute atomic E-state index is 13.9. The lowest BCUT2D eigenvalue weighted by Crippen LogP contribution is -2.40. The molecule has 0 radical (unpaired) electrons. The van der Waals surface area contributed by atoms with Crippen LogP contribution in [0, 0.1) is 0 Å². The maximum Gasteiger partial charge on any atom is 0.338 e. The van der Waals surface area contributed by atoms with E-state index in [4.69, 9.17) is 19.2 Å². The molecule has 1 aromatic heterocycles. The fraction of sp³-hybridized carbons (Fsp3) is 0.296. The van der Waals surface area contributed by atoms with E-state index in [-0.39, 0.29) is 17.9 Å². The summed E-state index contributed by atoms with van der Waals surface area (Å²) >= 11 is 4.70. The number of thiazole rings is 1. The number of methoxy groups -OCH3 is 2. The molecule has 2 heterocycles. The molecular formula is C27H27BrN2O6S. The van der Waals surface area contributed by atoms with Crippen LogP contribution in [0.3, 0.4) is 0 Å². The molecule has 0 spiro atoms. The summed E-state index contributed by atoms with van der Waals surface area (Å²) in [7, 11) is 3.01. The smallest absolute Gasteiger partial charge is 0.338 e. The Kier molecular flexibility index (Phi) is 8.19. The van der Waals surface area contributed by atoms with Gasteiger partial charge in [0.05, 0.1) is 36.6 Å². The van der Waals surface area contributed by atoms with E-state index in [2.05, 4.69) is 15.9 Å². The number of para-hydroxylation sites is 1. The number of halogens is 1. The third-order valence-electron chi connectivity index (χ3n) is 5.92. The molecule has 37 heavy (non-hydrogen) atoms. The fourth-order valence-electron chi connectivity index (χ4n) is 4.30. The Bertz CT molecular complexity index is 1560. The quantitative estimate of drug-likeness (QED) is 0.399. The van der Waals surface area contributed by atoms with Crippen LogP contribution in [0.1, 0.15) is 43.9 Å². The van der Waals surface area contributed by atoms with Crippen LogP contribution < -0.4 is 24.4 Å². The van der Waals surface area contributed by atoms with Gasteiger partial charge in [-0.05, 0) is 43.7 Å². The average Bonchev–Trinajstić information content (AvgIpc) is 3.19. The summed E-state index contributed by atoms with van der Waals surface area (Å²) in [5.41, 5.74) is 1.59. The van der Waals surface area contributed by atoms with Crippen LogP contribution in [-0.4, -0.2) is 36.5 Å². The predicted molar refractivity (Wildman–Crippen MR) is 145 cm³/mol. The zero-order chi connectivity index (χ0) is 26.7. The highest BCUT2D eigenvalue weighted by Gasteiger charge is 2.36. The van der Waals surface area contributed by atoms with Gasteiger partial charge in [0.2, 0.25) is 0 Å². The van der Waals surface area contributed by atoms with Gasteiger partial charge in [-0.25, -0.2) is 9.79 Å². The van der Waals surface area contributed by atoms with Gasteiger partial charge in [-0.3, -0.25) is 9.36 Å². The molecule has 1 aliphatic heterocycles. The topological polar surface area (TPSA) is 99.4 Å². The van der Waals surface area contributed by atoms with Gasteiger partial charge in [0.1, 0.15) is 11.8 Å². The van der Waals surface area contributed by atoms with Gasteiger partial charge in [-0.2, -0.15) is 0 Å². The summed E-state index contributed by atoms with van der Waals surface area (Å²) in [6.45, 7) is 3.92. The lowest BCUT2D eigenvalue weighted by molar-refractivity contribution is -0.139. The number of esters is 1. The number of allylic oxidation sites excluding steroid dienone is 1. The number of aromatic hydroxyl groups is 1. The first-order chi connectivity index (χ1) is 17.8. The molecule has 0 aliphatic carbocycles. The minimum atomic E-state index is -0.814. The van der Waals surface area contributed by atoms with Crippen molar-refractivity contribution in [3.8, 4) is 17.2 Å². The van der Waals surface area contributed by atoms with Gasteiger partial charge in [-0.15, -0.1) is 0 Å². The lowest BCUT2D eigenvalue weighted by atomic mass is 9.93. The van der Waals surface area contributed by atoms with Crippen LogP contribution >= 0.6 is 27.3 Å². The summed E-state index contributed by atoms with van der Waals surface area (Å²) in [6, 6.07) is 9.70. The van der Waals surface area contributed by atoms with E-state index >= 15 is 0 Å². The Hall–Kier alpha value is -3.37. The number of carbonyl (C=O) groups excluding carboxylic acids is 1. The third kappa shape index (κ3) is 5.08. The molecular weight excluding hydrogens is 560 g/mol. The predicted octanol–water partition coefficient (Wildman–Crippen LogP) is 4.06. The highest BCUT2D eigenvalue weighted by molar-refractivity contribution is 9.10. The minimum Gasteiger partial charge on any atom is -0.504 e. The molecule has 0 saturated heterocycles. The number of phenols is 1. The van der Waals surface area contributed by atoms with E-state index in [1.807, 2.05) is 19.1 Å². The first kappa shape index (κ1) is 26.7. The van der Waals surface area contributed by atoms with Crippen LogP contribution in [0.2, 0.25) is 0 Å². The van der Waals surface area contributed by atoms with E-state index in [1.54, 1.807) is 44.4 Å². The van der Waals surface area contributed by atoms with Gasteiger partial charge >= 0.3 is 5.97 Å². The SMILES string of the molecule is CCCC1=C(C(=O)OCC)[C@H](c2cc(Br)ccc2OC)n2c(s/c(=C/c3cccc(OC)c3O)c2=O)=N1. The monoisotopic (exact) mass is 586 g/mol. The van der Waals surface area contributed by atoms with Gasteiger partial charge < -0.3 is 19.3 Å². The fourth-order valence-corrected chi connectivity index (χ4v) is 5.69. The molecule has 0 amide bonds. The largest absolute Gasteiger partial charge is 0.504 e. The summed E-state index contributed by atoms with van der Waals surface area (Å²) < 4.78 is 18.9. The Morgan fingerprint density at radius 3 is 2.62 bits per heavy atom. The van der Waals surface area contributed by atoms with E-state index in [0.29, 0.717) is 49.7 Å². The Labute approximate surface area is 226 Å². The second-order valence-corrected chi connectivity index (χ2v) is 10.1. The first-order valence-electron chi connectivity index (χ1n) is 11.8. The van der Waals surface area contributed by atoms with Gasteiger partial charge in [-0.1, -0.05) is 52.7 Å². The van der Waals surface area contributed by atoms with E-state index in [9.17, 15) is 14.7 Å². The van der Waals surface area contributed by atoms with E-state index in [0.717, 1.165) is 10.9 Å². The van der Waals surface area contributed by atoms with E-state index in [1.165, 1.54) is 23.0 Å². The standard InChI is InChI=1S/C27H27BrN2O6S/c1-5-8-18-22(26(33)36-6-2)23(17-14-16(28)11-12-19(17)34-3)30-25(32)21(37-27(30)29-18)13-15-9-7-10-20(35-4)24(15)31/h7,9-14,23,31H,5-6,8H2,1-4H3/b21-13+/t23-/m0/s1. The number of rotatable bonds is 8. The highest BCUT2D eigenvalue weighted by atomic mass is 79.9. The number of phenolic OH excluding ortho intramolecular Hbond substituents is 1. The third-order valence-corrected chi connectivity index (χ3v) is 7.39. The maximum atomic E-state index is 13.9. The number of carbonyl (C=O) groups is 1. The van der Waals surface area contributed by atoms with Crippen LogP contribution in [0.15, 0.2) is 61.9 Å². The minimum absolute atomic E-state index is 0.0695. The normalized spacial score (nSPS) is 15.3. The molecule has 2 aromatic carbocycles. The van der Waals surface area contributed by atoms with Gasteiger partial charge in [0.25, 0.3) is 5.56 Å². The molecule has 0 saturated carbocycles. The highest BCUT2D eigenvalue weighted by Crippen LogP contribution is 2.38. The van der Waals surface area contributed by atoms with Crippen molar-refractivity contribution in [1.29, 1.82) is 0 Å². The van der Waals surface area contributed by atoms with Crippen molar-refractivity contribution < 1.29 is 24.1 Å². The van der Waals surface area contributed by atoms with Gasteiger partial charge in [0, 0.05) is 15.6 Å². The zero-order valence-corrected chi connectivity index (χ0v) is 23.3. The lowest BCUT2D eigenvalue weighted by Gasteiger charge is -2.27. The second kappa shape index (κ2) is 11.4. The molecule has 0 bridgehead atoms. The number of fused-ring (bicyclic) bond motifs is 1. The summed E-state index contributed by atoms with van der Waals surface area (Å²) in [5, 5.41) is 10.6. The van der Waals surface area contributed by atoms with Crippen molar-refractivity contribution in [3.05, 3.63) is 83.0 Å². The average molecular weight is 587 g/mol.